The van der Waals surface area contributed by atoms with E-state index in [-0.39, 0.29) is 46.9 Å². The molecule has 0 spiro atoms. The summed E-state index contributed by atoms with van der Waals surface area (Å²) < 4.78 is 9.92. The molecule has 9 heteroatoms. The van der Waals surface area contributed by atoms with Crippen molar-refractivity contribution in [1.82, 2.24) is 5.16 Å². The molecule has 1 saturated carbocycles. The van der Waals surface area contributed by atoms with Gasteiger partial charge in [-0.15, -0.1) is 0 Å². The molecular weight excluding hydrogens is 414 g/mol. The number of hydrogen-bond acceptors (Lipinski definition) is 7. The predicted octanol–water partition coefficient (Wildman–Crippen LogP) is 2.48. The van der Waals surface area contributed by atoms with Crippen LogP contribution in [0.25, 0.3) is 0 Å². The minimum Gasteiger partial charge on any atom is -0.452 e. The number of ether oxygens (including phenoxy) is 1. The number of allylic oxidation sites excluding steroid dienone is 2. The van der Waals surface area contributed by atoms with Gasteiger partial charge in [0.15, 0.2) is 12.4 Å². The van der Waals surface area contributed by atoms with E-state index in [4.69, 9.17) is 9.26 Å². The van der Waals surface area contributed by atoms with Crippen molar-refractivity contribution in [1.29, 1.82) is 0 Å². The van der Waals surface area contributed by atoms with Crippen LogP contribution in [0, 0.1) is 30.6 Å². The Labute approximate surface area is 183 Å². The van der Waals surface area contributed by atoms with Gasteiger partial charge in [0.25, 0.3) is 5.91 Å². The minimum absolute atomic E-state index is 0.103. The van der Waals surface area contributed by atoms with Crippen molar-refractivity contribution < 1.29 is 28.4 Å². The van der Waals surface area contributed by atoms with E-state index in [2.05, 4.69) is 16.5 Å². The molecule has 1 aliphatic heterocycles. The molecule has 2 fully saturated rings. The molecular formula is C23H21N3O6. The number of anilines is 2. The second-order valence-electron chi connectivity index (χ2n) is 8.48. The van der Waals surface area contributed by atoms with Crippen LogP contribution in [0.15, 0.2) is 46.5 Å². The number of hydrogen-bond donors (Lipinski definition) is 1. The van der Waals surface area contributed by atoms with Crippen molar-refractivity contribution in [3.63, 3.8) is 0 Å². The second kappa shape index (κ2) is 7.44. The first-order valence-electron chi connectivity index (χ1n) is 10.4. The lowest BCUT2D eigenvalue weighted by Gasteiger charge is -2.19. The summed E-state index contributed by atoms with van der Waals surface area (Å²) in [5.41, 5.74) is 1.65. The van der Waals surface area contributed by atoms with Gasteiger partial charge in [0.2, 0.25) is 11.8 Å². The Morgan fingerprint density at radius 2 is 1.97 bits per heavy atom. The number of nitrogens with one attached hydrogen (secondary N) is 1. The smallest absolute Gasteiger partial charge is 0.338 e. The summed E-state index contributed by atoms with van der Waals surface area (Å²) in [6, 6.07) is 7.68. The van der Waals surface area contributed by atoms with Crippen LogP contribution in [-0.2, 0) is 19.1 Å². The molecule has 1 N–H and O–H groups in total. The average molecular weight is 435 g/mol. The molecule has 2 heterocycles. The Hall–Kier alpha value is -3.75. The van der Waals surface area contributed by atoms with Gasteiger partial charge in [0.05, 0.1) is 23.1 Å². The Bertz CT molecular complexity index is 1180. The molecule has 3 amide bonds. The van der Waals surface area contributed by atoms with Crippen LogP contribution in [0.1, 0.15) is 29.5 Å². The SMILES string of the molecule is CC1=C[C@H]2C[C@H]1[C@@H]1C(=O)N(c3cccc(C(=O)OCC(=O)Nc4cc(C)on4)c3)C(=O)[C@H]12. The average Bonchev–Trinajstić information content (AvgIpc) is 3.50. The number of carbonyl (C=O) groups excluding carboxylic acids is 4. The van der Waals surface area contributed by atoms with Gasteiger partial charge in [-0.2, -0.15) is 0 Å². The maximum absolute atomic E-state index is 13.1. The van der Waals surface area contributed by atoms with Gasteiger partial charge >= 0.3 is 5.97 Å². The molecule has 2 aliphatic carbocycles. The third-order valence-electron chi connectivity index (χ3n) is 6.45. The van der Waals surface area contributed by atoms with Crippen LogP contribution in [0.3, 0.4) is 0 Å². The van der Waals surface area contributed by atoms with E-state index >= 15 is 0 Å². The van der Waals surface area contributed by atoms with E-state index in [0.717, 1.165) is 6.42 Å². The zero-order chi connectivity index (χ0) is 22.6. The van der Waals surface area contributed by atoms with Gasteiger partial charge in [-0.05, 0) is 50.3 Å². The molecule has 1 saturated heterocycles. The summed E-state index contributed by atoms with van der Waals surface area (Å²) in [4.78, 5) is 51.8. The van der Waals surface area contributed by atoms with Crippen LogP contribution in [0.4, 0.5) is 11.5 Å². The highest BCUT2D eigenvalue weighted by atomic mass is 16.5. The number of rotatable bonds is 5. The van der Waals surface area contributed by atoms with Gasteiger partial charge in [0.1, 0.15) is 5.76 Å². The first kappa shape index (κ1) is 20.2. The minimum atomic E-state index is -0.741. The normalized spacial score (nSPS) is 25.7. The molecule has 1 aromatic carbocycles. The van der Waals surface area contributed by atoms with Crippen LogP contribution < -0.4 is 10.2 Å². The molecule has 9 nitrogen and oxygen atoms in total. The summed E-state index contributed by atoms with van der Waals surface area (Å²) in [6.07, 6.45) is 2.97. The van der Waals surface area contributed by atoms with Crippen molar-refractivity contribution in [3.8, 4) is 0 Å². The molecule has 4 atom stereocenters. The zero-order valence-electron chi connectivity index (χ0n) is 17.5. The third kappa shape index (κ3) is 3.21. The molecule has 3 aliphatic rings. The maximum Gasteiger partial charge on any atom is 0.338 e. The Balaban J connectivity index is 1.27. The lowest BCUT2D eigenvalue weighted by molar-refractivity contribution is -0.123. The third-order valence-corrected chi connectivity index (χ3v) is 6.45. The largest absolute Gasteiger partial charge is 0.452 e. The number of imide groups is 1. The van der Waals surface area contributed by atoms with Crippen LogP contribution >= 0.6 is 0 Å². The first-order chi connectivity index (χ1) is 15.3. The highest BCUT2D eigenvalue weighted by Gasteiger charge is 2.60. The Kier molecular flexibility index (Phi) is 4.69. The van der Waals surface area contributed by atoms with E-state index in [1.807, 2.05) is 6.92 Å². The number of esters is 1. The quantitative estimate of drug-likeness (QED) is 0.435. The van der Waals surface area contributed by atoms with Gasteiger partial charge in [0, 0.05) is 6.07 Å². The standard InChI is InChI=1S/C23H21N3O6/c1-11-6-14-9-16(11)20-19(14)21(28)26(22(20)29)15-5-3-4-13(8-15)23(30)31-10-18(27)24-17-7-12(2)32-25-17/h3-8,14,16,19-20H,9-10H2,1-2H3,(H,24,25,27)/t14-,16+,19-,20-/m0/s1. The van der Waals surface area contributed by atoms with E-state index < -0.39 is 18.5 Å². The number of aromatic nitrogens is 1. The van der Waals surface area contributed by atoms with Crippen molar-refractivity contribution >= 4 is 35.2 Å². The van der Waals surface area contributed by atoms with E-state index in [9.17, 15) is 19.2 Å². The lowest BCUT2D eigenvalue weighted by atomic mass is 9.82. The number of amides is 3. The fourth-order valence-electron chi connectivity index (χ4n) is 5.12. The van der Waals surface area contributed by atoms with Crippen molar-refractivity contribution in [3.05, 3.63) is 53.3 Å². The number of benzene rings is 1. The van der Waals surface area contributed by atoms with Crippen molar-refractivity contribution in [2.45, 2.75) is 20.3 Å². The summed E-state index contributed by atoms with van der Waals surface area (Å²) in [5, 5.41) is 6.09. The van der Waals surface area contributed by atoms with Crippen LogP contribution in [0.2, 0.25) is 0 Å². The number of aryl methyl sites for hydroxylation is 1. The van der Waals surface area contributed by atoms with Crippen LogP contribution in [0.5, 0.6) is 0 Å². The molecule has 0 unspecified atom stereocenters. The van der Waals surface area contributed by atoms with E-state index in [1.165, 1.54) is 28.7 Å². The van der Waals surface area contributed by atoms with E-state index in [1.54, 1.807) is 19.1 Å². The Morgan fingerprint density at radius 1 is 1.19 bits per heavy atom. The van der Waals surface area contributed by atoms with Crippen LogP contribution in [-0.4, -0.2) is 35.5 Å². The van der Waals surface area contributed by atoms with E-state index in [0.29, 0.717) is 11.4 Å². The summed E-state index contributed by atoms with van der Waals surface area (Å²) >= 11 is 0. The first-order valence-corrected chi connectivity index (χ1v) is 10.4. The molecule has 32 heavy (non-hydrogen) atoms. The highest BCUT2D eigenvalue weighted by molar-refractivity contribution is 6.23. The van der Waals surface area contributed by atoms with Gasteiger partial charge in [-0.1, -0.05) is 22.9 Å². The monoisotopic (exact) mass is 435 g/mol. The summed E-state index contributed by atoms with van der Waals surface area (Å²) in [6.45, 7) is 3.17. The predicted molar refractivity (Wildman–Crippen MR) is 111 cm³/mol. The lowest BCUT2D eigenvalue weighted by Crippen LogP contribution is -2.33. The Morgan fingerprint density at radius 3 is 2.72 bits per heavy atom. The maximum atomic E-state index is 13.1. The topological polar surface area (TPSA) is 119 Å². The van der Waals surface area contributed by atoms with Gasteiger partial charge < -0.3 is 14.6 Å². The molecule has 164 valence electrons. The number of fused-ring (bicyclic) bond motifs is 5. The molecule has 1 aromatic heterocycles. The second-order valence-corrected chi connectivity index (χ2v) is 8.48. The highest BCUT2D eigenvalue weighted by Crippen LogP contribution is 2.55. The van der Waals surface area contributed by atoms with Gasteiger partial charge in [-0.25, -0.2) is 9.69 Å². The number of nitrogens with zero attached hydrogens (tertiary/aromatic N) is 2. The number of carbonyl (C=O) groups is 4. The molecule has 2 bridgehead atoms. The van der Waals surface area contributed by atoms with Crippen molar-refractivity contribution in [2.24, 2.45) is 23.7 Å². The zero-order valence-corrected chi connectivity index (χ0v) is 17.5. The fraction of sp³-hybridized carbons (Fsp3) is 0.348. The van der Waals surface area contributed by atoms with Crippen molar-refractivity contribution in [2.75, 3.05) is 16.8 Å². The fourth-order valence-corrected chi connectivity index (χ4v) is 5.12. The molecule has 5 rings (SSSR count). The summed E-state index contributed by atoms with van der Waals surface area (Å²) in [5.74, 6) is -1.42. The van der Waals surface area contributed by atoms with Gasteiger partial charge in [-0.3, -0.25) is 14.4 Å². The molecule has 0 radical (unpaired) electrons. The molecule has 2 aromatic rings. The summed E-state index contributed by atoms with van der Waals surface area (Å²) in [7, 11) is 0.